The second-order valence-electron chi connectivity index (χ2n) is 7.19. The molecule has 0 saturated carbocycles. The maximum absolute atomic E-state index is 12.9. The molecule has 3 aromatic carbocycles. The predicted octanol–water partition coefficient (Wildman–Crippen LogP) is 4.88. The molecular formula is C25H23FN2O3S. The van der Waals surface area contributed by atoms with Crippen molar-refractivity contribution in [3.63, 3.8) is 0 Å². The number of fused-ring (bicyclic) bond motifs is 1. The van der Waals surface area contributed by atoms with Gasteiger partial charge in [0.15, 0.2) is 11.0 Å². The molecule has 32 heavy (non-hydrogen) atoms. The van der Waals surface area contributed by atoms with Gasteiger partial charge in [0.05, 0.1) is 10.4 Å². The molecule has 7 heteroatoms. The van der Waals surface area contributed by atoms with E-state index in [4.69, 9.17) is 0 Å². The Morgan fingerprint density at radius 2 is 1.53 bits per heavy atom. The number of halogens is 1. The summed E-state index contributed by atoms with van der Waals surface area (Å²) in [7, 11) is -1.40. The molecule has 0 aliphatic rings. The Balaban J connectivity index is 0.000000668. The minimum Gasteiger partial charge on any atom is -0.348 e. The predicted molar refractivity (Wildman–Crippen MR) is 124 cm³/mol. The number of para-hydroxylation sites is 1. The summed E-state index contributed by atoms with van der Waals surface area (Å²) in [5.74, 6) is -0.387. The number of rotatable bonds is 5. The second-order valence-corrected chi connectivity index (χ2v) is 8.55. The fourth-order valence-corrected chi connectivity index (χ4v) is 4.04. The van der Waals surface area contributed by atoms with Gasteiger partial charge in [0.25, 0.3) is 5.91 Å². The van der Waals surface area contributed by atoms with Crippen molar-refractivity contribution in [1.82, 2.24) is 9.29 Å². The van der Waals surface area contributed by atoms with Crippen LogP contribution in [0.25, 0.3) is 10.9 Å². The lowest BCUT2D eigenvalue weighted by Gasteiger charge is -2.08. The molecule has 1 atom stereocenters. The third-order valence-corrected chi connectivity index (χ3v) is 5.78. The Morgan fingerprint density at radius 1 is 0.906 bits per heavy atom. The van der Waals surface area contributed by atoms with Gasteiger partial charge in [0.1, 0.15) is 11.6 Å². The van der Waals surface area contributed by atoms with Crippen LogP contribution < -0.4 is 5.32 Å². The molecule has 1 amide bonds. The van der Waals surface area contributed by atoms with E-state index in [-0.39, 0.29) is 17.5 Å². The van der Waals surface area contributed by atoms with Crippen molar-refractivity contribution in [3.05, 3.63) is 102 Å². The number of amides is 1. The molecule has 0 radical (unpaired) electrons. The number of hydrogen-bond donors (Lipinski definition) is 1. The largest absolute Gasteiger partial charge is 0.348 e. The SMILES string of the molecule is CC(C)=O.O=C(NCc1ccc(F)cc1)c1ccc(S(=O)n2ccc3ccccc32)cc1. The number of aromatic nitrogens is 1. The number of nitrogens with zero attached hydrogens (tertiary/aromatic N) is 1. The maximum Gasteiger partial charge on any atom is 0.251 e. The van der Waals surface area contributed by atoms with Crippen LogP contribution in [-0.2, 0) is 22.3 Å². The molecule has 1 N–H and O–H groups in total. The Morgan fingerprint density at radius 3 is 2.19 bits per heavy atom. The summed E-state index contributed by atoms with van der Waals surface area (Å²) < 4.78 is 27.5. The average Bonchev–Trinajstić information content (AvgIpc) is 3.22. The van der Waals surface area contributed by atoms with Gasteiger partial charge < -0.3 is 10.1 Å². The lowest BCUT2D eigenvalue weighted by Crippen LogP contribution is -2.22. The lowest BCUT2D eigenvalue weighted by molar-refractivity contribution is -0.115. The summed E-state index contributed by atoms with van der Waals surface area (Å²) in [5.41, 5.74) is 2.18. The summed E-state index contributed by atoms with van der Waals surface area (Å²) in [6.45, 7) is 3.36. The van der Waals surface area contributed by atoms with Gasteiger partial charge in [-0.3, -0.25) is 8.77 Å². The molecule has 1 heterocycles. The van der Waals surface area contributed by atoms with Gasteiger partial charge in [-0.2, -0.15) is 0 Å². The molecule has 0 bridgehead atoms. The van der Waals surface area contributed by atoms with Crippen molar-refractivity contribution in [2.24, 2.45) is 0 Å². The summed E-state index contributed by atoms with van der Waals surface area (Å²) in [6.07, 6.45) is 1.80. The Hall–Kier alpha value is -3.58. The molecule has 164 valence electrons. The minimum absolute atomic E-state index is 0.167. The summed E-state index contributed by atoms with van der Waals surface area (Å²) in [5, 5.41) is 3.81. The molecule has 4 aromatic rings. The van der Waals surface area contributed by atoms with Crippen molar-refractivity contribution >= 4 is 33.6 Å². The first-order valence-corrected chi connectivity index (χ1v) is 11.0. The number of carbonyl (C=O) groups excluding carboxylic acids is 2. The van der Waals surface area contributed by atoms with Crippen molar-refractivity contribution < 1.29 is 18.2 Å². The van der Waals surface area contributed by atoms with E-state index < -0.39 is 11.0 Å². The zero-order valence-electron chi connectivity index (χ0n) is 17.7. The number of benzene rings is 3. The molecule has 4 rings (SSSR count). The van der Waals surface area contributed by atoms with Crippen LogP contribution in [0.3, 0.4) is 0 Å². The number of ketones is 1. The van der Waals surface area contributed by atoms with Crippen LogP contribution in [0.15, 0.2) is 90.0 Å². The van der Waals surface area contributed by atoms with E-state index in [1.165, 1.54) is 26.0 Å². The van der Waals surface area contributed by atoms with Gasteiger partial charge in [-0.05, 0) is 67.9 Å². The summed E-state index contributed by atoms with van der Waals surface area (Å²) >= 11 is 0. The zero-order valence-corrected chi connectivity index (χ0v) is 18.6. The fourth-order valence-electron chi connectivity index (χ4n) is 2.93. The van der Waals surface area contributed by atoms with Crippen LogP contribution >= 0.6 is 0 Å². The zero-order chi connectivity index (χ0) is 23.1. The standard InChI is InChI=1S/C22H17FN2O2S.C3H6O/c23-19-9-5-16(6-10-19)15-24-22(26)18-7-11-20(12-8-18)28(27)25-14-13-17-3-1-2-4-21(17)25;1-3(2)4/h1-14H,15H2,(H,24,26);1-2H3. The van der Waals surface area contributed by atoms with Crippen LogP contribution in [0, 0.1) is 5.82 Å². The number of Topliss-reactive ketones (excluding diaryl/α,β-unsaturated/α-hetero) is 1. The van der Waals surface area contributed by atoms with Crippen molar-refractivity contribution in [1.29, 1.82) is 0 Å². The number of hydrogen-bond acceptors (Lipinski definition) is 3. The van der Waals surface area contributed by atoms with E-state index in [1.807, 2.05) is 30.3 Å². The van der Waals surface area contributed by atoms with Crippen LogP contribution in [-0.4, -0.2) is 19.9 Å². The lowest BCUT2D eigenvalue weighted by atomic mass is 10.2. The molecule has 0 saturated heterocycles. The van der Waals surface area contributed by atoms with E-state index in [9.17, 15) is 18.2 Å². The van der Waals surface area contributed by atoms with E-state index >= 15 is 0 Å². The number of nitrogens with one attached hydrogen (secondary N) is 1. The summed E-state index contributed by atoms with van der Waals surface area (Å²) in [6, 6.07) is 22.3. The molecule has 0 aliphatic carbocycles. The quantitative estimate of drug-likeness (QED) is 0.471. The van der Waals surface area contributed by atoms with Crippen molar-refractivity contribution in [3.8, 4) is 0 Å². The first kappa shape index (κ1) is 23.1. The third-order valence-electron chi connectivity index (χ3n) is 4.43. The Bertz CT molecular complexity index is 1240. The normalized spacial score (nSPS) is 11.3. The molecule has 1 aromatic heterocycles. The first-order valence-electron chi connectivity index (χ1n) is 9.93. The van der Waals surface area contributed by atoms with E-state index in [0.29, 0.717) is 17.0 Å². The van der Waals surface area contributed by atoms with E-state index in [0.717, 1.165) is 16.5 Å². The Labute approximate surface area is 188 Å². The van der Waals surface area contributed by atoms with Crippen molar-refractivity contribution in [2.75, 3.05) is 0 Å². The van der Waals surface area contributed by atoms with Gasteiger partial charge >= 0.3 is 0 Å². The molecule has 5 nitrogen and oxygen atoms in total. The highest BCUT2D eigenvalue weighted by Crippen LogP contribution is 2.19. The molecule has 0 fully saturated rings. The van der Waals surface area contributed by atoms with Crippen LogP contribution in [0.4, 0.5) is 4.39 Å². The average molecular weight is 451 g/mol. The molecule has 0 spiro atoms. The van der Waals surface area contributed by atoms with E-state index in [1.54, 1.807) is 46.6 Å². The highest BCUT2D eigenvalue weighted by atomic mass is 32.2. The van der Waals surface area contributed by atoms with Gasteiger partial charge in [-0.1, -0.05) is 30.3 Å². The van der Waals surface area contributed by atoms with Crippen LogP contribution in [0.1, 0.15) is 29.8 Å². The monoisotopic (exact) mass is 450 g/mol. The molecule has 1 unspecified atom stereocenters. The van der Waals surface area contributed by atoms with Gasteiger partial charge in [0, 0.05) is 23.7 Å². The van der Waals surface area contributed by atoms with E-state index in [2.05, 4.69) is 5.32 Å². The third kappa shape index (κ3) is 5.98. The first-order chi connectivity index (χ1) is 15.3. The van der Waals surface area contributed by atoms with Gasteiger partial charge in [0.2, 0.25) is 0 Å². The highest BCUT2D eigenvalue weighted by Gasteiger charge is 2.11. The van der Waals surface area contributed by atoms with Crippen molar-refractivity contribution in [2.45, 2.75) is 25.3 Å². The highest BCUT2D eigenvalue weighted by molar-refractivity contribution is 7.83. The summed E-state index contributed by atoms with van der Waals surface area (Å²) in [4.78, 5) is 22.4. The molecular weight excluding hydrogens is 427 g/mol. The fraction of sp³-hybridized carbons (Fsp3) is 0.120. The minimum atomic E-state index is -1.40. The smallest absolute Gasteiger partial charge is 0.251 e. The second kappa shape index (κ2) is 10.6. The van der Waals surface area contributed by atoms with Gasteiger partial charge in [-0.15, -0.1) is 0 Å². The molecule has 0 aliphatic heterocycles. The number of carbonyl (C=O) groups is 2. The topological polar surface area (TPSA) is 68.2 Å². The maximum atomic E-state index is 12.9. The van der Waals surface area contributed by atoms with Crippen LogP contribution in [0.2, 0.25) is 0 Å². The van der Waals surface area contributed by atoms with Gasteiger partial charge in [-0.25, -0.2) is 8.60 Å². The van der Waals surface area contributed by atoms with Crippen LogP contribution in [0.5, 0.6) is 0 Å². The Kier molecular flexibility index (Phi) is 7.68.